The fraction of sp³-hybridized carbons (Fsp3) is 0.417. The first-order valence-electron chi connectivity index (χ1n) is 16.6. The van der Waals surface area contributed by atoms with Crippen LogP contribution < -0.4 is 15.8 Å². The lowest BCUT2D eigenvalue weighted by Crippen LogP contribution is -2.59. The molecule has 6 rings (SSSR count). The monoisotopic (exact) mass is 667 g/mol. The number of nitrogens with two attached hydrogens (primary N) is 1. The van der Waals surface area contributed by atoms with Crippen LogP contribution in [0.4, 0.5) is 16.0 Å². The number of anilines is 2. The number of aromatic nitrogens is 2. The zero-order valence-corrected chi connectivity index (χ0v) is 27.9. The van der Waals surface area contributed by atoms with E-state index in [0.29, 0.717) is 43.5 Å². The highest BCUT2D eigenvalue weighted by atomic mass is 19.1. The molecular formula is C36H42FN9O3. The summed E-state index contributed by atoms with van der Waals surface area (Å²) in [6.45, 7) is 10.0. The number of carbonyl (C=O) groups excluding carboxylic acids is 1. The van der Waals surface area contributed by atoms with Gasteiger partial charge in [0.1, 0.15) is 46.9 Å². The van der Waals surface area contributed by atoms with Gasteiger partial charge in [-0.3, -0.25) is 20.0 Å². The van der Waals surface area contributed by atoms with Crippen LogP contribution in [0.1, 0.15) is 37.8 Å². The first-order chi connectivity index (χ1) is 23.6. The molecule has 256 valence electrons. The quantitative estimate of drug-likeness (QED) is 0.164. The Morgan fingerprint density at radius 2 is 1.88 bits per heavy atom. The van der Waals surface area contributed by atoms with E-state index >= 15 is 4.39 Å². The van der Waals surface area contributed by atoms with Gasteiger partial charge in [0.2, 0.25) is 0 Å². The zero-order chi connectivity index (χ0) is 34.5. The van der Waals surface area contributed by atoms with Gasteiger partial charge in [-0.05, 0) is 57.0 Å². The molecule has 0 spiro atoms. The van der Waals surface area contributed by atoms with Crippen LogP contribution in [0.15, 0.2) is 66.5 Å². The van der Waals surface area contributed by atoms with Crippen molar-refractivity contribution in [3.05, 3.63) is 83.5 Å². The third kappa shape index (κ3) is 7.72. The van der Waals surface area contributed by atoms with Crippen molar-refractivity contribution in [3.63, 3.8) is 0 Å². The molecule has 13 heteroatoms. The lowest BCUT2D eigenvalue weighted by Gasteiger charge is -2.46. The molecule has 4 N–H and O–H groups in total. The normalized spacial score (nSPS) is 19.5. The fourth-order valence-corrected chi connectivity index (χ4v) is 6.60. The number of rotatable bonds is 10. The fourth-order valence-electron chi connectivity index (χ4n) is 6.60. The number of piperidine rings is 1. The molecule has 3 aliphatic heterocycles. The average Bonchev–Trinajstić information content (AvgIpc) is 3.07. The van der Waals surface area contributed by atoms with Gasteiger partial charge in [-0.2, -0.15) is 5.26 Å². The summed E-state index contributed by atoms with van der Waals surface area (Å²) in [4.78, 5) is 28.6. The summed E-state index contributed by atoms with van der Waals surface area (Å²) < 4.78 is 26.4. The largest absolute Gasteiger partial charge is 0.457 e. The number of nitriles is 1. The average molecular weight is 668 g/mol. The molecule has 2 aromatic carbocycles. The number of hydrogen-bond donors (Lipinski definition) is 3. The summed E-state index contributed by atoms with van der Waals surface area (Å²) in [6, 6.07) is 15.7. The molecule has 1 atom stereocenters. The minimum atomic E-state index is -0.657. The van der Waals surface area contributed by atoms with Crippen molar-refractivity contribution < 1.29 is 18.7 Å². The summed E-state index contributed by atoms with van der Waals surface area (Å²) in [6.07, 6.45) is 4.49. The van der Waals surface area contributed by atoms with E-state index in [1.807, 2.05) is 32.0 Å². The predicted octanol–water partition coefficient (Wildman–Crippen LogP) is 4.05. The Bertz CT molecular complexity index is 1750. The second-order valence-corrected chi connectivity index (χ2v) is 13.2. The highest BCUT2D eigenvalue weighted by Gasteiger charge is 2.35. The molecule has 12 nitrogen and oxygen atoms in total. The number of nitrogens with one attached hydrogen (secondary N) is 2. The zero-order valence-electron chi connectivity index (χ0n) is 27.9. The summed E-state index contributed by atoms with van der Waals surface area (Å²) in [7, 11) is 0. The lowest BCUT2D eigenvalue weighted by atomic mass is 9.96. The number of piperazine rings is 1. The molecule has 3 aromatic rings. The number of hydrogen-bond acceptors (Lipinski definition) is 11. The smallest absolute Gasteiger partial charge is 0.264 e. The second kappa shape index (κ2) is 14.7. The summed E-state index contributed by atoms with van der Waals surface area (Å²) in [5.74, 6) is 0.170. The van der Waals surface area contributed by atoms with Gasteiger partial charge in [-0.1, -0.05) is 18.2 Å². The van der Waals surface area contributed by atoms with Gasteiger partial charge < -0.3 is 25.4 Å². The van der Waals surface area contributed by atoms with E-state index in [0.717, 1.165) is 39.4 Å². The summed E-state index contributed by atoms with van der Waals surface area (Å²) >= 11 is 0. The first-order valence-corrected chi connectivity index (χ1v) is 16.6. The van der Waals surface area contributed by atoms with E-state index in [2.05, 4.69) is 31.2 Å². The SMILES string of the molecule is CC(C)(/C=C(\C#N)C(=O)N1CCCC(Nc2ncnc(N)c2C(=N)c2ccc(Oc3ccccc3)cc2F)C1)N1CCN(C2COC2)CC1. The van der Waals surface area contributed by atoms with E-state index in [9.17, 15) is 10.1 Å². The molecule has 0 radical (unpaired) electrons. The second-order valence-electron chi connectivity index (χ2n) is 13.2. The number of ether oxygens (including phenoxy) is 2. The van der Waals surface area contributed by atoms with Crippen molar-refractivity contribution in [2.75, 3.05) is 63.5 Å². The van der Waals surface area contributed by atoms with Crippen molar-refractivity contribution >= 4 is 23.3 Å². The maximum Gasteiger partial charge on any atom is 0.264 e. The Morgan fingerprint density at radius 1 is 1.12 bits per heavy atom. The van der Waals surface area contributed by atoms with E-state index < -0.39 is 11.4 Å². The van der Waals surface area contributed by atoms with Gasteiger partial charge in [0.15, 0.2) is 0 Å². The molecule has 3 fully saturated rings. The number of nitrogen functional groups attached to an aromatic ring is 1. The summed E-state index contributed by atoms with van der Waals surface area (Å²) in [5, 5.41) is 22.3. The van der Waals surface area contributed by atoms with Crippen molar-refractivity contribution in [2.45, 2.75) is 44.3 Å². The van der Waals surface area contributed by atoms with Crippen molar-refractivity contribution in [3.8, 4) is 17.6 Å². The molecule has 1 aromatic heterocycles. The third-order valence-corrected chi connectivity index (χ3v) is 9.48. The summed E-state index contributed by atoms with van der Waals surface area (Å²) in [5.41, 5.74) is 5.85. The topological polar surface area (TPSA) is 157 Å². The maximum absolute atomic E-state index is 15.4. The van der Waals surface area contributed by atoms with Gasteiger partial charge >= 0.3 is 0 Å². The van der Waals surface area contributed by atoms with Crippen LogP contribution in [-0.2, 0) is 9.53 Å². The van der Waals surface area contributed by atoms with Crippen LogP contribution in [0.5, 0.6) is 11.5 Å². The molecule has 0 bridgehead atoms. The van der Waals surface area contributed by atoms with Crippen LogP contribution in [-0.4, -0.2) is 106 Å². The van der Waals surface area contributed by atoms with E-state index in [1.165, 1.54) is 18.5 Å². The Morgan fingerprint density at radius 3 is 2.55 bits per heavy atom. The Labute approximate surface area is 285 Å². The van der Waals surface area contributed by atoms with E-state index in [4.69, 9.17) is 20.6 Å². The van der Waals surface area contributed by atoms with E-state index in [-0.39, 0.29) is 46.0 Å². The molecule has 4 heterocycles. The molecule has 1 amide bonds. The molecule has 1 unspecified atom stereocenters. The van der Waals surface area contributed by atoms with Gasteiger partial charge in [-0.15, -0.1) is 0 Å². The molecule has 3 saturated heterocycles. The molecule has 0 saturated carbocycles. The molecular weight excluding hydrogens is 625 g/mol. The van der Waals surface area contributed by atoms with Gasteiger partial charge in [-0.25, -0.2) is 14.4 Å². The molecule has 49 heavy (non-hydrogen) atoms. The molecule has 0 aliphatic carbocycles. The lowest BCUT2D eigenvalue weighted by molar-refractivity contribution is -0.127. The number of para-hydroxylation sites is 1. The Kier molecular flexibility index (Phi) is 10.2. The van der Waals surface area contributed by atoms with Gasteiger partial charge in [0, 0.05) is 62.5 Å². The first kappa shape index (κ1) is 34.0. The van der Waals surface area contributed by atoms with Crippen LogP contribution in [0, 0.1) is 22.6 Å². The number of benzene rings is 2. The number of carbonyl (C=O) groups is 1. The Balaban J connectivity index is 1.13. The van der Waals surface area contributed by atoms with Gasteiger partial charge in [0.25, 0.3) is 5.91 Å². The third-order valence-electron chi connectivity index (χ3n) is 9.48. The van der Waals surface area contributed by atoms with Crippen LogP contribution in [0.3, 0.4) is 0 Å². The number of amides is 1. The standard InChI is InChI=1S/C36H42FN9O3/c1-36(2,46-15-13-44(14-16-46)26-21-48-22-26)18-24(19-38)35(47)45-12-6-7-25(20-45)43-34-31(33(40)41-23-42-34)32(39)29-11-10-28(17-30(29)37)49-27-8-4-3-5-9-27/h3-5,8-11,17-18,23,25-26,39H,6-7,12-16,20-22H2,1-2H3,(H3,40,41,42,43)/b24-18+,39-32?. The van der Waals surface area contributed by atoms with Crippen molar-refractivity contribution in [1.29, 1.82) is 10.7 Å². The highest BCUT2D eigenvalue weighted by molar-refractivity contribution is 6.16. The van der Waals surface area contributed by atoms with Crippen molar-refractivity contribution in [1.82, 2.24) is 24.7 Å². The Hall–Kier alpha value is -4.90. The minimum Gasteiger partial charge on any atom is -0.457 e. The highest BCUT2D eigenvalue weighted by Crippen LogP contribution is 2.29. The predicted molar refractivity (Wildman–Crippen MR) is 184 cm³/mol. The maximum atomic E-state index is 15.4. The van der Waals surface area contributed by atoms with Gasteiger partial charge in [0.05, 0.1) is 30.5 Å². The van der Waals surface area contributed by atoms with E-state index in [1.54, 1.807) is 29.2 Å². The minimum absolute atomic E-state index is 0.00953. The number of likely N-dealkylation sites (tertiary alicyclic amines) is 1. The van der Waals surface area contributed by atoms with Crippen LogP contribution in [0.25, 0.3) is 0 Å². The number of nitrogens with zero attached hydrogens (tertiary/aromatic N) is 6. The van der Waals surface area contributed by atoms with Crippen LogP contribution in [0.2, 0.25) is 0 Å². The van der Waals surface area contributed by atoms with Crippen LogP contribution >= 0.6 is 0 Å². The van der Waals surface area contributed by atoms with Crippen molar-refractivity contribution in [2.24, 2.45) is 0 Å². The number of halogens is 1. The molecule has 3 aliphatic rings.